The lowest BCUT2D eigenvalue weighted by Gasteiger charge is -2.14. The first-order valence-corrected chi connectivity index (χ1v) is 8.80. The van der Waals surface area contributed by atoms with E-state index >= 15 is 0 Å². The fourth-order valence-corrected chi connectivity index (χ4v) is 2.73. The Bertz CT molecular complexity index is 931. The van der Waals surface area contributed by atoms with Gasteiger partial charge in [0.25, 0.3) is 0 Å². The van der Waals surface area contributed by atoms with E-state index in [1.807, 2.05) is 0 Å². The van der Waals surface area contributed by atoms with Gasteiger partial charge in [0.2, 0.25) is 5.91 Å². The quantitative estimate of drug-likeness (QED) is 0.532. The number of amides is 1. The molecule has 2 aromatic rings. The minimum absolute atomic E-state index is 0.241. The molecule has 2 rings (SSSR count). The minimum atomic E-state index is -1.29. The number of methoxy groups -OCH3 is 4. The molecule has 0 fully saturated rings. The number of hydrogen-bond acceptors (Lipinski definition) is 7. The third-order valence-electron chi connectivity index (χ3n) is 4.25. The fourth-order valence-electron chi connectivity index (χ4n) is 2.73. The number of nitrogens with one attached hydrogen (secondary N) is 1. The Labute approximate surface area is 174 Å². The average Bonchev–Trinajstić information content (AvgIpc) is 2.76. The second-order valence-corrected chi connectivity index (χ2v) is 6.04. The highest BCUT2D eigenvalue weighted by molar-refractivity contribution is 6.02. The van der Waals surface area contributed by atoms with Gasteiger partial charge in [0.1, 0.15) is 29.0 Å². The normalized spacial score (nSPS) is 11.6. The number of aliphatic carboxylic acids is 1. The minimum Gasteiger partial charge on any atom is -0.496 e. The summed E-state index contributed by atoms with van der Waals surface area (Å²) < 4.78 is 21.0. The molecule has 2 aromatic carbocycles. The molecule has 1 amide bonds. The summed E-state index contributed by atoms with van der Waals surface area (Å²) >= 11 is 0. The van der Waals surface area contributed by atoms with Gasteiger partial charge in [-0.2, -0.15) is 0 Å². The van der Waals surface area contributed by atoms with Crippen molar-refractivity contribution in [1.82, 2.24) is 0 Å². The molecule has 0 heterocycles. The van der Waals surface area contributed by atoms with Crippen LogP contribution in [0.25, 0.3) is 6.08 Å². The molecule has 0 saturated heterocycles. The first-order chi connectivity index (χ1) is 14.3. The number of carbonyl (C=O) groups excluding carboxylic acids is 1. The van der Waals surface area contributed by atoms with E-state index in [0.717, 1.165) is 0 Å². The molecule has 1 unspecified atom stereocenters. The van der Waals surface area contributed by atoms with Crippen LogP contribution >= 0.6 is 0 Å². The van der Waals surface area contributed by atoms with Crippen molar-refractivity contribution in [3.05, 3.63) is 47.5 Å². The molecule has 160 valence electrons. The summed E-state index contributed by atoms with van der Waals surface area (Å²) in [4.78, 5) is 23.6. The molecule has 9 heteroatoms. The smallest absolute Gasteiger partial charge is 0.325 e. The van der Waals surface area contributed by atoms with Crippen LogP contribution in [0.2, 0.25) is 0 Å². The van der Waals surface area contributed by atoms with E-state index in [2.05, 4.69) is 5.32 Å². The Morgan fingerprint density at radius 3 is 2.07 bits per heavy atom. The van der Waals surface area contributed by atoms with E-state index in [4.69, 9.17) is 29.8 Å². The van der Waals surface area contributed by atoms with Crippen molar-refractivity contribution >= 4 is 23.6 Å². The maximum atomic E-state index is 12.4. The van der Waals surface area contributed by atoms with Gasteiger partial charge in [0, 0.05) is 29.5 Å². The molecular weight excluding hydrogens is 392 g/mol. The molecule has 0 spiro atoms. The number of nitrogens with two attached hydrogens (primary N) is 1. The number of benzene rings is 2. The topological polar surface area (TPSA) is 129 Å². The zero-order valence-corrected chi connectivity index (χ0v) is 17.1. The monoisotopic (exact) mass is 416 g/mol. The summed E-state index contributed by atoms with van der Waals surface area (Å²) in [5.74, 6) is 0.131. The lowest BCUT2D eigenvalue weighted by atomic mass is 10.1. The van der Waals surface area contributed by atoms with E-state index in [0.29, 0.717) is 34.2 Å². The maximum absolute atomic E-state index is 12.4. The van der Waals surface area contributed by atoms with Gasteiger partial charge >= 0.3 is 5.97 Å². The van der Waals surface area contributed by atoms with Crippen LogP contribution in [0, 0.1) is 0 Å². The second-order valence-electron chi connectivity index (χ2n) is 6.04. The van der Waals surface area contributed by atoms with E-state index in [-0.39, 0.29) is 5.56 Å². The predicted octanol–water partition coefficient (Wildman–Crippen LogP) is 2.46. The summed E-state index contributed by atoms with van der Waals surface area (Å²) in [6.07, 6.45) is 2.84. The van der Waals surface area contributed by atoms with E-state index < -0.39 is 17.9 Å². The highest BCUT2D eigenvalue weighted by Gasteiger charge is 2.19. The molecule has 0 aliphatic heterocycles. The van der Waals surface area contributed by atoms with Crippen molar-refractivity contribution in [1.29, 1.82) is 0 Å². The number of anilines is 1. The molecule has 30 heavy (non-hydrogen) atoms. The third kappa shape index (κ3) is 5.21. The molecule has 1 atom stereocenters. The van der Waals surface area contributed by atoms with Gasteiger partial charge in [-0.3, -0.25) is 9.59 Å². The summed E-state index contributed by atoms with van der Waals surface area (Å²) in [6.45, 7) is 0. The summed E-state index contributed by atoms with van der Waals surface area (Å²) in [7, 11) is 5.92. The maximum Gasteiger partial charge on any atom is 0.325 e. The van der Waals surface area contributed by atoms with Gasteiger partial charge in [-0.25, -0.2) is 0 Å². The summed E-state index contributed by atoms with van der Waals surface area (Å²) in [5.41, 5.74) is 6.85. The van der Waals surface area contributed by atoms with Crippen LogP contribution in [-0.2, 0) is 9.59 Å². The number of carboxylic acids is 1. The van der Waals surface area contributed by atoms with Crippen molar-refractivity contribution in [2.24, 2.45) is 5.73 Å². The second kappa shape index (κ2) is 10.2. The SMILES string of the molecule is COc1cc(OC)c(C=CC(=O)Nc2ccc(OC)c(C(N)C(=O)O)c2)c(OC)c1. The van der Waals surface area contributed by atoms with Crippen LogP contribution < -0.4 is 30.0 Å². The Morgan fingerprint density at radius 2 is 1.57 bits per heavy atom. The Hall–Kier alpha value is -3.72. The van der Waals surface area contributed by atoms with Crippen LogP contribution in [-0.4, -0.2) is 45.4 Å². The highest BCUT2D eigenvalue weighted by Crippen LogP contribution is 2.35. The summed E-state index contributed by atoms with van der Waals surface area (Å²) in [6, 6.07) is 6.62. The molecule has 0 radical (unpaired) electrons. The van der Waals surface area contributed by atoms with Crippen molar-refractivity contribution in [3.63, 3.8) is 0 Å². The van der Waals surface area contributed by atoms with Crippen LogP contribution in [0.5, 0.6) is 23.0 Å². The molecular formula is C21H24N2O7. The summed E-state index contributed by atoms with van der Waals surface area (Å²) in [5, 5.41) is 11.8. The molecule has 0 aliphatic rings. The third-order valence-corrected chi connectivity index (χ3v) is 4.25. The van der Waals surface area contributed by atoms with Gasteiger partial charge < -0.3 is 35.1 Å². The van der Waals surface area contributed by atoms with Crippen LogP contribution in [0.1, 0.15) is 17.2 Å². The van der Waals surface area contributed by atoms with Gasteiger partial charge in [0.05, 0.1) is 34.0 Å². The number of ether oxygens (including phenoxy) is 4. The number of carboxylic acid groups (broad SMARTS) is 1. The number of hydrogen-bond donors (Lipinski definition) is 3. The van der Waals surface area contributed by atoms with Crippen molar-refractivity contribution in [3.8, 4) is 23.0 Å². The van der Waals surface area contributed by atoms with Crippen molar-refractivity contribution in [2.75, 3.05) is 33.8 Å². The standard InChI is InChI=1S/C21H24N2O7/c1-27-13-10-17(29-3)14(18(11-13)30-4)6-8-19(24)23-12-5-7-16(28-2)15(9-12)20(22)21(25)26/h5-11,20H,22H2,1-4H3,(H,23,24)(H,25,26). The predicted molar refractivity (Wildman–Crippen MR) is 111 cm³/mol. The Morgan fingerprint density at radius 1 is 0.967 bits per heavy atom. The first kappa shape index (κ1) is 22.6. The molecule has 0 bridgehead atoms. The molecule has 9 nitrogen and oxygen atoms in total. The van der Waals surface area contributed by atoms with Crippen LogP contribution in [0.4, 0.5) is 5.69 Å². The van der Waals surface area contributed by atoms with E-state index in [1.165, 1.54) is 46.6 Å². The average molecular weight is 416 g/mol. The van der Waals surface area contributed by atoms with Gasteiger partial charge in [-0.15, -0.1) is 0 Å². The molecule has 4 N–H and O–H groups in total. The van der Waals surface area contributed by atoms with Crippen LogP contribution in [0.3, 0.4) is 0 Å². The molecule has 0 aromatic heterocycles. The largest absolute Gasteiger partial charge is 0.496 e. The fraction of sp³-hybridized carbons (Fsp3) is 0.238. The lowest BCUT2D eigenvalue weighted by molar-refractivity contribution is -0.138. The van der Waals surface area contributed by atoms with Gasteiger partial charge in [-0.1, -0.05) is 0 Å². The van der Waals surface area contributed by atoms with E-state index in [9.17, 15) is 9.59 Å². The van der Waals surface area contributed by atoms with Gasteiger partial charge in [-0.05, 0) is 24.3 Å². The Balaban J connectivity index is 2.27. The zero-order valence-electron chi connectivity index (χ0n) is 17.1. The number of rotatable bonds is 9. The number of carbonyl (C=O) groups is 2. The van der Waals surface area contributed by atoms with Crippen molar-refractivity contribution in [2.45, 2.75) is 6.04 Å². The van der Waals surface area contributed by atoms with Gasteiger partial charge in [0.15, 0.2) is 0 Å². The first-order valence-electron chi connectivity index (χ1n) is 8.80. The lowest BCUT2D eigenvalue weighted by Crippen LogP contribution is -2.21. The van der Waals surface area contributed by atoms with E-state index in [1.54, 1.807) is 24.3 Å². The Kier molecular flexibility index (Phi) is 7.65. The van der Waals surface area contributed by atoms with Crippen molar-refractivity contribution < 1.29 is 33.6 Å². The zero-order chi connectivity index (χ0) is 22.3. The molecule has 0 saturated carbocycles. The van der Waals surface area contributed by atoms with Crippen LogP contribution in [0.15, 0.2) is 36.4 Å². The highest BCUT2D eigenvalue weighted by atomic mass is 16.5. The molecule has 0 aliphatic carbocycles.